The van der Waals surface area contributed by atoms with Crippen molar-refractivity contribution in [2.75, 3.05) is 5.32 Å². The van der Waals surface area contributed by atoms with Crippen LogP contribution in [0.4, 0.5) is 11.7 Å². The summed E-state index contributed by atoms with van der Waals surface area (Å²) in [6, 6.07) is 8.24. The summed E-state index contributed by atoms with van der Waals surface area (Å²) in [5.74, 6) is 0.00721. The molecule has 1 amide bonds. The van der Waals surface area contributed by atoms with Gasteiger partial charge in [-0.3, -0.25) is 9.59 Å². The second kappa shape index (κ2) is 8.34. The van der Waals surface area contributed by atoms with Crippen LogP contribution in [0, 0.1) is 5.92 Å². The number of benzene rings is 1. The Balaban J connectivity index is 1.31. The van der Waals surface area contributed by atoms with Crippen LogP contribution in [0.25, 0.3) is 11.0 Å². The second-order valence-corrected chi connectivity index (χ2v) is 8.10. The van der Waals surface area contributed by atoms with E-state index in [0.29, 0.717) is 46.0 Å². The molecule has 0 bridgehead atoms. The first kappa shape index (κ1) is 20.6. The Hall–Kier alpha value is -4.28. The molecule has 1 aliphatic rings. The predicted octanol–water partition coefficient (Wildman–Crippen LogP) is 3.15. The summed E-state index contributed by atoms with van der Waals surface area (Å²) >= 11 is 0. The number of hydrogen-bond acceptors (Lipinski definition) is 8. The van der Waals surface area contributed by atoms with Crippen LogP contribution >= 0.6 is 0 Å². The van der Waals surface area contributed by atoms with E-state index in [1.54, 1.807) is 36.5 Å². The Kier molecular flexibility index (Phi) is 5.21. The van der Waals surface area contributed by atoms with Gasteiger partial charge in [-0.1, -0.05) is 24.2 Å². The second-order valence-electron chi connectivity index (χ2n) is 8.10. The van der Waals surface area contributed by atoms with Crippen LogP contribution < -0.4 is 10.6 Å². The van der Waals surface area contributed by atoms with E-state index >= 15 is 0 Å². The molecule has 3 atom stereocenters. The van der Waals surface area contributed by atoms with Gasteiger partial charge in [-0.05, 0) is 36.1 Å². The highest BCUT2D eigenvalue weighted by Crippen LogP contribution is 2.46. The number of nitrogens with one attached hydrogen (secondary N) is 3. The number of amides is 1. The quantitative estimate of drug-likeness (QED) is 0.318. The normalized spacial score (nSPS) is 18.1. The van der Waals surface area contributed by atoms with E-state index in [2.05, 4.69) is 42.7 Å². The van der Waals surface area contributed by atoms with E-state index in [-0.39, 0.29) is 12.1 Å². The maximum Gasteiger partial charge on any atom is 0.320 e. The SMILES string of the molecule is C[C@H]1C[C@H]1c1nnc(Nc2ccc([C@@H](CC(=O)O)NC(=O)c3ncnc4[nH]ccc34)cc2)o1. The summed E-state index contributed by atoms with van der Waals surface area (Å²) in [5.41, 5.74) is 2.03. The average molecular weight is 447 g/mol. The van der Waals surface area contributed by atoms with Crippen molar-refractivity contribution in [3.8, 4) is 0 Å². The van der Waals surface area contributed by atoms with Crippen molar-refractivity contribution < 1.29 is 19.1 Å². The molecule has 168 valence electrons. The molecular weight excluding hydrogens is 426 g/mol. The van der Waals surface area contributed by atoms with Gasteiger partial charge in [-0.15, -0.1) is 5.10 Å². The lowest BCUT2D eigenvalue weighted by atomic mass is 10.0. The number of carboxylic acids is 1. The Morgan fingerprint density at radius 1 is 1.21 bits per heavy atom. The topological polar surface area (TPSA) is 159 Å². The summed E-state index contributed by atoms with van der Waals surface area (Å²) < 4.78 is 5.66. The van der Waals surface area contributed by atoms with E-state index in [9.17, 15) is 14.7 Å². The molecule has 5 rings (SSSR count). The Labute approximate surface area is 187 Å². The maximum atomic E-state index is 12.9. The number of aromatic amines is 1. The Morgan fingerprint density at radius 2 is 2.00 bits per heavy atom. The largest absolute Gasteiger partial charge is 0.481 e. The first-order valence-corrected chi connectivity index (χ1v) is 10.5. The first-order chi connectivity index (χ1) is 16.0. The fourth-order valence-corrected chi connectivity index (χ4v) is 3.73. The highest BCUT2D eigenvalue weighted by molar-refractivity contribution is 6.03. The number of aromatic nitrogens is 5. The van der Waals surface area contributed by atoms with Gasteiger partial charge in [0.15, 0.2) is 0 Å². The molecule has 1 aliphatic carbocycles. The molecule has 3 aromatic heterocycles. The summed E-state index contributed by atoms with van der Waals surface area (Å²) in [4.78, 5) is 35.4. The van der Waals surface area contributed by atoms with Crippen molar-refractivity contribution in [3.05, 3.63) is 60.0 Å². The molecule has 0 unspecified atom stereocenters. The van der Waals surface area contributed by atoms with E-state index in [1.165, 1.54) is 6.33 Å². The van der Waals surface area contributed by atoms with Crippen molar-refractivity contribution in [1.82, 2.24) is 30.5 Å². The molecule has 1 aromatic carbocycles. The molecule has 4 aromatic rings. The van der Waals surface area contributed by atoms with Crippen LogP contribution in [-0.2, 0) is 4.79 Å². The minimum absolute atomic E-state index is 0.173. The average Bonchev–Trinajstić information content (AvgIpc) is 3.17. The van der Waals surface area contributed by atoms with Crippen LogP contribution in [0.5, 0.6) is 0 Å². The van der Waals surface area contributed by atoms with Gasteiger partial charge in [0.2, 0.25) is 5.89 Å². The Bertz CT molecular complexity index is 1310. The van der Waals surface area contributed by atoms with Gasteiger partial charge in [0.05, 0.1) is 17.8 Å². The van der Waals surface area contributed by atoms with E-state index in [4.69, 9.17) is 4.42 Å². The number of anilines is 2. The number of carbonyl (C=O) groups excluding carboxylic acids is 1. The number of rotatable bonds is 8. The smallest absolute Gasteiger partial charge is 0.320 e. The van der Waals surface area contributed by atoms with Crippen molar-refractivity contribution in [1.29, 1.82) is 0 Å². The number of fused-ring (bicyclic) bond motifs is 1. The van der Waals surface area contributed by atoms with Crippen molar-refractivity contribution >= 4 is 34.6 Å². The molecule has 1 fully saturated rings. The highest BCUT2D eigenvalue weighted by atomic mass is 16.4. The van der Waals surface area contributed by atoms with Crippen LogP contribution in [0.2, 0.25) is 0 Å². The van der Waals surface area contributed by atoms with Gasteiger partial charge >= 0.3 is 12.0 Å². The predicted molar refractivity (Wildman–Crippen MR) is 117 cm³/mol. The fraction of sp³-hybridized carbons (Fsp3) is 0.273. The summed E-state index contributed by atoms with van der Waals surface area (Å²) in [5, 5.41) is 23.8. The number of aliphatic carboxylic acids is 1. The lowest BCUT2D eigenvalue weighted by Gasteiger charge is -2.18. The molecule has 3 heterocycles. The van der Waals surface area contributed by atoms with Crippen LogP contribution in [0.3, 0.4) is 0 Å². The summed E-state index contributed by atoms with van der Waals surface area (Å²) in [7, 11) is 0. The number of H-pyrrole nitrogens is 1. The maximum absolute atomic E-state index is 12.9. The molecule has 0 radical (unpaired) electrons. The molecule has 0 aliphatic heterocycles. The van der Waals surface area contributed by atoms with Gasteiger partial charge in [0.1, 0.15) is 17.7 Å². The first-order valence-electron chi connectivity index (χ1n) is 10.5. The molecular formula is C22H21N7O4. The van der Waals surface area contributed by atoms with E-state index < -0.39 is 17.9 Å². The van der Waals surface area contributed by atoms with Crippen molar-refractivity contribution in [2.45, 2.75) is 31.7 Å². The Morgan fingerprint density at radius 3 is 2.73 bits per heavy atom. The van der Waals surface area contributed by atoms with Gasteiger partial charge < -0.3 is 25.1 Å². The van der Waals surface area contributed by atoms with Crippen molar-refractivity contribution in [2.24, 2.45) is 5.92 Å². The third-order valence-electron chi connectivity index (χ3n) is 5.68. The number of carboxylic acid groups (broad SMARTS) is 1. The minimum Gasteiger partial charge on any atom is -0.481 e. The summed E-state index contributed by atoms with van der Waals surface area (Å²) in [6.07, 6.45) is 3.71. The number of hydrogen-bond donors (Lipinski definition) is 4. The van der Waals surface area contributed by atoms with Crippen molar-refractivity contribution in [3.63, 3.8) is 0 Å². The molecule has 11 nitrogen and oxygen atoms in total. The monoisotopic (exact) mass is 447 g/mol. The molecule has 0 saturated heterocycles. The molecule has 0 spiro atoms. The fourth-order valence-electron chi connectivity index (χ4n) is 3.73. The lowest BCUT2D eigenvalue weighted by Crippen LogP contribution is -2.31. The molecule has 1 saturated carbocycles. The highest BCUT2D eigenvalue weighted by Gasteiger charge is 2.38. The third-order valence-corrected chi connectivity index (χ3v) is 5.68. The lowest BCUT2D eigenvalue weighted by molar-refractivity contribution is -0.137. The van der Waals surface area contributed by atoms with Gasteiger partial charge in [0.25, 0.3) is 5.91 Å². The zero-order valence-corrected chi connectivity index (χ0v) is 17.6. The van der Waals surface area contributed by atoms with E-state index in [1.807, 2.05) is 0 Å². The minimum atomic E-state index is -1.04. The van der Waals surface area contributed by atoms with Gasteiger partial charge in [0, 0.05) is 17.8 Å². The van der Waals surface area contributed by atoms with Crippen LogP contribution in [0.1, 0.15) is 53.7 Å². The third kappa shape index (κ3) is 4.38. The number of carbonyl (C=O) groups is 2. The zero-order valence-electron chi connectivity index (χ0n) is 17.6. The number of nitrogens with zero attached hydrogens (tertiary/aromatic N) is 4. The molecule has 33 heavy (non-hydrogen) atoms. The van der Waals surface area contributed by atoms with Gasteiger partial charge in [-0.2, -0.15) is 0 Å². The van der Waals surface area contributed by atoms with Crippen LogP contribution in [-0.4, -0.2) is 42.1 Å². The molecule has 4 N–H and O–H groups in total. The molecule has 11 heteroatoms. The van der Waals surface area contributed by atoms with Crippen LogP contribution in [0.15, 0.2) is 47.3 Å². The zero-order chi connectivity index (χ0) is 22.9. The standard InChI is InChI=1S/C22H21N7O4/c1-11-8-15(11)21-28-29-22(33-21)26-13-4-2-12(3-5-13)16(9-17(30)31)27-20(32)18-14-6-7-23-19(14)25-10-24-18/h2-7,10-11,15-16H,8-9H2,1H3,(H,26,29)(H,27,32)(H,30,31)(H,23,24,25)/t11-,15+,16+/m0/s1. The summed E-state index contributed by atoms with van der Waals surface area (Å²) in [6.45, 7) is 2.14. The van der Waals surface area contributed by atoms with Gasteiger partial charge in [-0.25, -0.2) is 9.97 Å². The van der Waals surface area contributed by atoms with E-state index in [0.717, 1.165) is 6.42 Å².